The second-order valence-corrected chi connectivity index (χ2v) is 4.85. The predicted molar refractivity (Wildman–Crippen MR) is 65.9 cm³/mol. The Morgan fingerprint density at radius 3 is 2.93 bits per heavy atom. The number of nitrogens with one attached hydrogen (secondary N) is 1. The quantitative estimate of drug-likeness (QED) is 0.918. The fourth-order valence-corrected chi connectivity index (χ4v) is 1.85. The summed E-state index contributed by atoms with van der Waals surface area (Å²) in [7, 11) is 0. The van der Waals surface area contributed by atoms with Gasteiger partial charge in [-0.15, -0.1) is 0 Å². The minimum atomic E-state index is 0.491. The highest BCUT2D eigenvalue weighted by Gasteiger charge is 2.06. The standard InChI is InChI=1S/C12H14BrNO/c1-8(2)14-6-9-7-15-12-5-10(13)3-4-11(9)12/h3-5,7-8,14H,6H2,1-2H3. The van der Waals surface area contributed by atoms with E-state index in [4.69, 9.17) is 4.42 Å². The Morgan fingerprint density at radius 1 is 1.40 bits per heavy atom. The molecule has 2 aromatic rings. The van der Waals surface area contributed by atoms with E-state index in [1.165, 1.54) is 10.9 Å². The van der Waals surface area contributed by atoms with Gasteiger partial charge in [-0.05, 0) is 18.2 Å². The molecular weight excluding hydrogens is 254 g/mol. The van der Waals surface area contributed by atoms with Crippen molar-refractivity contribution in [1.29, 1.82) is 0 Å². The first-order chi connectivity index (χ1) is 7.16. The van der Waals surface area contributed by atoms with Crippen molar-refractivity contribution in [3.63, 3.8) is 0 Å². The summed E-state index contributed by atoms with van der Waals surface area (Å²) in [6, 6.07) is 6.61. The molecule has 0 aliphatic heterocycles. The maximum absolute atomic E-state index is 5.49. The van der Waals surface area contributed by atoms with E-state index in [1.54, 1.807) is 0 Å². The van der Waals surface area contributed by atoms with Crippen molar-refractivity contribution < 1.29 is 4.42 Å². The van der Waals surface area contributed by atoms with Crippen LogP contribution in [0.15, 0.2) is 33.4 Å². The molecule has 0 bridgehead atoms. The molecule has 0 amide bonds. The van der Waals surface area contributed by atoms with Gasteiger partial charge in [0.05, 0.1) is 6.26 Å². The van der Waals surface area contributed by atoms with Crippen LogP contribution in [0, 0.1) is 0 Å². The van der Waals surface area contributed by atoms with Crippen molar-refractivity contribution in [2.75, 3.05) is 0 Å². The number of hydrogen-bond donors (Lipinski definition) is 1. The number of benzene rings is 1. The van der Waals surface area contributed by atoms with E-state index in [-0.39, 0.29) is 0 Å². The van der Waals surface area contributed by atoms with Crippen LogP contribution in [0.4, 0.5) is 0 Å². The number of hydrogen-bond acceptors (Lipinski definition) is 2. The molecule has 0 radical (unpaired) electrons. The summed E-state index contributed by atoms with van der Waals surface area (Å²) in [5.41, 5.74) is 2.15. The Balaban J connectivity index is 2.29. The SMILES string of the molecule is CC(C)NCc1coc2cc(Br)ccc12. The van der Waals surface area contributed by atoms with E-state index in [0.29, 0.717) is 6.04 Å². The summed E-state index contributed by atoms with van der Waals surface area (Å²) >= 11 is 3.43. The van der Waals surface area contributed by atoms with Crippen LogP contribution in [0.25, 0.3) is 11.0 Å². The summed E-state index contributed by atoms with van der Waals surface area (Å²) in [4.78, 5) is 0. The molecule has 1 aromatic heterocycles. The van der Waals surface area contributed by atoms with Crippen molar-refractivity contribution in [3.05, 3.63) is 34.5 Å². The smallest absolute Gasteiger partial charge is 0.135 e. The summed E-state index contributed by atoms with van der Waals surface area (Å²) in [6.45, 7) is 5.13. The van der Waals surface area contributed by atoms with Gasteiger partial charge < -0.3 is 9.73 Å². The third-order valence-corrected chi connectivity index (χ3v) is 2.81. The van der Waals surface area contributed by atoms with Gasteiger partial charge >= 0.3 is 0 Å². The van der Waals surface area contributed by atoms with Crippen LogP contribution in [0.3, 0.4) is 0 Å². The van der Waals surface area contributed by atoms with Gasteiger partial charge in [0.25, 0.3) is 0 Å². The highest BCUT2D eigenvalue weighted by atomic mass is 79.9. The van der Waals surface area contributed by atoms with Crippen LogP contribution in [0.1, 0.15) is 19.4 Å². The van der Waals surface area contributed by atoms with E-state index in [1.807, 2.05) is 18.4 Å². The summed E-state index contributed by atoms with van der Waals surface area (Å²) in [5, 5.41) is 4.57. The van der Waals surface area contributed by atoms with E-state index in [9.17, 15) is 0 Å². The van der Waals surface area contributed by atoms with Gasteiger partial charge in [-0.2, -0.15) is 0 Å². The van der Waals surface area contributed by atoms with Gasteiger partial charge in [0.15, 0.2) is 0 Å². The Labute approximate surface area is 97.8 Å². The highest BCUT2D eigenvalue weighted by Crippen LogP contribution is 2.24. The second-order valence-electron chi connectivity index (χ2n) is 3.94. The van der Waals surface area contributed by atoms with Crippen LogP contribution in [-0.2, 0) is 6.54 Å². The third-order valence-electron chi connectivity index (χ3n) is 2.32. The molecule has 0 spiro atoms. The minimum absolute atomic E-state index is 0.491. The topological polar surface area (TPSA) is 25.2 Å². The largest absolute Gasteiger partial charge is 0.464 e. The lowest BCUT2D eigenvalue weighted by atomic mass is 10.2. The van der Waals surface area contributed by atoms with E-state index in [2.05, 4.69) is 41.2 Å². The van der Waals surface area contributed by atoms with E-state index >= 15 is 0 Å². The molecule has 15 heavy (non-hydrogen) atoms. The van der Waals surface area contributed by atoms with Crippen molar-refractivity contribution in [2.24, 2.45) is 0 Å². The van der Waals surface area contributed by atoms with Crippen molar-refractivity contribution in [3.8, 4) is 0 Å². The van der Waals surface area contributed by atoms with Gasteiger partial charge in [0.2, 0.25) is 0 Å². The van der Waals surface area contributed by atoms with Crippen molar-refractivity contribution >= 4 is 26.9 Å². The molecule has 0 aliphatic carbocycles. The Bertz CT molecular complexity index is 462. The first kappa shape index (κ1) is 10.7. The van der Waals surface area contributed by atoms with Crippen LogP contribution >= 0.6 is 15.9 Å². The van der Waals surface area contributed by atoms with E-state index < -0.39 is 0 Å². The molecular formula is C12H14BrNO. The van der Waals surface area contributed by atoms with Gasteiger partial charge in [-0.1, -0.05) is 29.8 Å². The van der Waals surface area contributed by atoms with Gasteiger partial charge in [0, 0.05) is 28.0 Å². The number of halogens is 1. The van der Waals surface area contributed by atoms with Crippen LogP contribution < -0.4 is 5.32 Å². The molecule has 1 N–H and O–H groups in total. The average molecular weight is 268 g/mol. The van der Waals surface area contributed by atoms with Gasteiger partial charge in [0.1, 0.15) is 5.58 Å². The first-order valence-corrected chi connectivity index (χ1v) is 5.85. The molecule has 0 saturated carbocycles. The molecule has 1 aromatic carbocycles. The second kappa shape index (κ2) is 4.37. The fourth-order valence-electron chi connectivity index (χ4n) is 1.51. The third kappa shape index (κ3) is 2.41. The maximum Gasteiger partial charge on any atom is 0.135 e. The lowest BCUT2D eigenvalue weighted by molar-refractivity contribution is 0.572. The number of furan rings is 1. The van der Waals surface area contributed by atoms with Crippen LogP contribution in [0.5, 0.6) is 0 Å². The Hall–Kier alpha value is -0.800. The zero-order valence-corrected chi connectivity index (χ0v) is 10.5. The predicted octanol–water partition coefficient (Wildman–Crippen LogP) is 3.69. The summed E-state index contributed by atoms with van der Waals surface area (Å²) in [5.74, 6) is 0. The van der Waals surface area contributed by atoms with Crippen LogP contribution in [-0.4, -0.2) is 6.04 Å². The fraction of sp³-hybridized carbons (Fsp3) is 0.333. The van der Waals surface area contributed by atoms with Gasteiger partial charge in [-0.25, -0.2) is 0 Å². The lowest BCUT2D eigenvalue weighted by Crippen LogP contribution is -2.21. The lowest BCUT2D eigenvalue weighted by Gasteiger charge is -2.05. The molecule has 1 heterocycles. The molecule has 0 unspecified atom stereocenters. The number of rotatable bonds is 3. The minimum Gasteiger partial charge on any atom is -0.464 e. The monoisotopic (exact) mass is 267 g/mol. The normalized spacial score (nSPS) is 11.5. The zero-order chi connectivity index (χ0) is 10.8. The molecule has 3 heteroatoms. The Morgan fingerprint density at radius 2 is 2.20 bits per heavy atom. The molecule has 2 nitrogen and oxygen atoms in total. The molecule has 80 valence electrons. The number of fused-ring (bicyclic) bond motifs is 1. The molecule has 2 rings (SSSR count). The van der Waals surface area contributed by atoms with Crippen molar-refractivity contribution in [2.45, 2.75) is 26.4 Å². The van der Waals surface area contributed by atoms with E-state index in [0.717, 1.165) is 16.6 Å². The van der Waals surface area contributed by atoms with Crippen molar-refractivity contribution in [1.82, 2.24) is 5.32 Å². The molecule has 0 aliphatic rings. The molecule has 0 atom stereocenters. The summed E-state index contributed by atoms with van der Waals surface area (Å²) in [6.07, 6.45) is 1.83. The van der Waals surface area contributed by atoms with Crippen LogP contribution in [0.2, 0.25) is 0 Å². The molecule has 0 saturated heterocycles. The summed E-state index contributed by atoms with van der Waals surface area (Å²) < 4.78 is 6.54. The zero-order valence-electron chi connectivity index (χ0n) is 8.88. The Kier molecular flexibility index (Phi) is 3.12. The first-order valence-electron chi connectivity index (χ1n) is 5.06. The molecule has 0 fully saturated rings. The average Bonchev–Trinajstić information content (AvgIpc) is 2.57. The maximum atomic E-state index is 5.49. The van der Waals surface area contributed by atoms with Gasteiger partial charge in [-0.3, -0.25) is 0 Å². The highest BCUT2D eigenvalue weighted by molar-refractivity contribution is 9.10.